The van der Waals surface area contributed by atoms with Crippen molar-refractivity contribution in [1.29, 1.82) is 5.26 Å². The van der Waals surface area contributed by atoms with Crippen LogP contribution in [0.2, 0.25) is 0 Å². The number of aliphatic carboxylic acids is 1. The van der Waals surface area contributed by atoms with Crippen LogP contribution in [0.3, 0.4) is 0 Å². The smallest absolute Gasteiger partial charge is 0.203 e. The molecule has 0 N–H and O–H groups in total. The Morgan fingerprint density at radius 2 is 1.74 bits per heavy atom. The lowest BCUT2D eigenvalue weighted by Gasteiger charge is -2.09. The van der Waals surface area contributed by atoms with Crippen LogP contribution < -0.4 is 9.84 Å². The standard InChI is InChI=1S/C18H13NO4/c19-11-15(18(22)13-6-2-1-3-7-13)10-14-8-4-5-9-16(14)23-12-17(20)21/h1-10H,12H2,(H,20,21)/p-1/b15-10+. The quantitative estimate of drug-likeness (QED) is 0.459. The summed E-state index contributed by atoms with van der Waals surface area (Å²) in [6.07, 6.45) is 1.37. The van der Waals surface area contributed by atoms with Crippen molar-refractivity contribution in [1.82, 2.24) is 0 Å². The topological polar surface area (TPSA) is 90.2 Å². The molecule has 114 valence electrons. The van der Waals surface area contributed by atoms with E-state index in [9.17, 15) is 20.0 Å². The first-order chi connectivity index (χ1) is 11.1. The summed E-state index contributed by atoms with van der Waals surface area (Å²) >= 11 is 0. The molecular formula is C18H12NO4-. The number of nitrogens with zero attached hydrogens (tertiary/aromatic N) is 1. The lowest BCUT2D eigenvalue weighted by Crippen LogP contribution is -2.29. The molecule has 0 bridgehead atoms. The summed E-state index contributed by atoms with van der Waals surface area (Å²) in [7, 11) is 0. The van der Waals surface area contributed by atoms with Gasteiger partial charge in [0.15, 0.2) is 0 Å². The first-order valence-electron chi connectivity index (χ1n) is 6.75. The van der Waals surface area contributed by atoms with E-state index in [1.807, 2.05) is 6.07 Å². The third-order valence-corrected chi connectivity index (χ3v) is 2.97. The third-order valence-electron chi connectivity index (χ3n) is 2.97. The average Bonchev–Trinajstić information content (AvgIpc) is 2.58. The van der Waals surface area contributed by atoms with Crippen molar-refractivity contribution in [3.05, 3.63) is 71.3 Å². The number of rotatable bonds is 6. The Labute approximate surface area is 133 Å². The van der Waals surface area contributed by atoms with Crippen molar-refractivity contribution in [2.75, 3.05) is 6.61 Å². The minimum atomic E-state index is -1.36. The van der Waals surface area contributed by atoms with Crippen molar-refractivity contribution < 1.29 is 19.4 Å². The number of carboxylic acids is 1. The normalized spacial score (nSPS) is 10.7. The molecule has 0 radical (unpaired) electrons. The van der Waals surface area contributed by atoms with Crippen LogP contribution in [0, 0.1) is 11.3 Å². The maximum Gasteiger partial charge on any atom is 0.203 e. The molecule has 5 nitrogen and oxygen atoms in total. The minimum absolute atomic E-state index is 0.0688. The van der Waals surface area contributed by atoms with E-state index in [2.05, 4.69) is 0 Å². The number of hydrogen-bond donors (Lipinski definition) is 0. The zero-order valence-electron chi connectivity index (χ0n) is 12.1. The van der Waals surface area contributed by atoms with Gasteiger partial charge in [0.1, 0.15) is 24.0 Å². The van der Waals surface area contributed by atoms with Gasteiger partial charge in [-0.15, -0.1) is 0 Å². The van der Waals surface area contributed by atoms with Crippen molar-refractivity contribution in [2.24, 2.45) is 0 Å². The van der Waals surface area contributed by atoms with E-state index in [4.69, 9.17) is 4.74 Å². The van der Waals surface area contributed by atoms with Crippen molar-refractivity contribution in [2.45, 2.75) is 0 Å². The third kappa shape index (κ3) is 4.29. The van der Waals surface area contributed by atoms with E-state index in [-0.39, 0.29) is 11.3 Å². The van der Waals surface area contributed by atoms with Crippen molar-refractivity contribution >= 4 is 17.8 Å². The number of allylic oxidation sites excluding steroid dienone is 1. The SMILES string of the molecule is N#C/C(=C\c1ccccc1OCC(=O)[O-])C(=O)c1ccccc1. The van der Waals surface area contributed by atoms with E-state index >= 15 is 0 Å². The second-order valence-electron chi connectivity index (χ2n) is 4.56. The molecule has 0 unspecified atom stereocenters. The van der Waals surface area contributed by atoms with Crippen LogP contribution in [0.4, 0.5) is 0 Å². The first-order valence-corrected chi connectivity index (χ1v) is 6.75. The molecule has 2 aromatic rings. The van der Waals surface area contributed by atoms with Gasteiger partial charge in [-0.2, -0.15) is 5.26 Å². The molecule has 2 aromatic carbocycles. The Bertz CT molecular complexity index is 788. The monoisotopic (exact) mass is 306 g/mol. The van der Waals surface area contributed by atoms with Crippen LogP contribution in [0.15, 0.2) is 60.2 Å². The Kier molecular flexibility index (Phi) is 5.26. The zero-order valence-corrected chi connectivity index (χ0v) is 12.1. The molecular weight excluding hydrogens is 294 g/mol. The lowest BCUT2D eigenvalue weighted by atomic mass is 10.0. The van der Waals surface area contributed by atoms with E-state index in [1.54, 1.807) is 54.6 Å². The fraction of sp³-hybridized carbons (Fsp3) is 0.0556. The molecule has 0 atom stereocenters. The summed E-state index contributed by atoms with van der Waals surface area (Å²) in [6, 6.07) is 16.8. The molecule has 5 heteroatoms. The number of ether oxygens (including phenoxy) is 1. The number of Topliss-reactive ketones (excluding diaryl/α,β-unsaturated/α-hetero) is 1. The molecule has 0 spiro atoms. The Balaban J connectivity index is 2.34. The summed E-state index contributed by atoms with van der Waals surface area (Å²) in [5, 5.41) is 19.7. The van der Waals surface area contributed by atoms with Gasteiger partial charge in [-0.3, -0.25) is 4.79 Å². The second-order valence-corrected chi connectivity index (χ2v) is 4.56. The number of carbonyl (C=O) groups excluding carboxylic acids is 2. The van der Waals surface area contributed by atoms with Gasteiger partial charge in [0, 0.05) is 11.1 Å². The minimum Gasteiger partial charge on any atom is -0.546 e. The lowest BCUT2D eigenvalue weighted by molar-refractivity contribution is -0.307. The van der Waals surface area contributed by atoms with Gasteiger partial charge in [-0.1, -0.05) is 48.5 Å². The van der Waals surface area contributed by atoms with Gasteiger partial charge in [-0.25, -0.2) is 0 Å². The van der Waals surface area contributed by atoms with Crippen LogP contribution in [-0.4, -0.2) is 18.4 Å². The average molecular weight is 306 g/mol. The Hall–Kier alpha value is -3.39. The first kappa shape index (κ1) is 16.0. The number of benzene rings is 2. The highest BCUT2D eigenvalue weighted by Gasteiger charge is 2.12. The number of nitriles is 1. The highest BCUT2D eigenvalue weighted by atomic mass is 16.5. The zero-order chi connectivity index (χ0) is 16.7. The van der Waals surface area contributed by atoms with Crippen LogP contribution >= 0.6 is 0 Å². The number of carbonyl (C=O) groups is 2. The van der Waals surface area contributed by atoms with Gasteiger partial charge >= 0.3 is 0 Å². The van der Waals surface area contributed by atoms with Gasteiger partial charge in [0.25, 0.3) is 0 Å². The maximum atomic E-state index is 12.3. The van der Waals surface area contributed by atoms with Crippen LogP contribution in [-0.2, 0) is 4.79 Å². The van der Waals surface area contributed by atoms with Gasteiger partial charge < -0.3 is 14.6 Å². The molecule has 0 aliphatic carbocycles. The van der Waals surface area contributed by atoms with E-state index in [0.717, 1.165) is 0 Å². The summed E-state index contributed by atoms with van der Waals surface area (Å²) in [5.41, 5.74) is 0.767. The number of para-hydroxylation sites is 1. The predicted molar refractivity (Wildman–Crippen MR) is 81.3 cm³/mol. The molecule has 0 aromatic heterocycles. The predicted octanol–water partition coefficient (Wildman–Crippen LogP) is 1.61. The summed E-state index contributed by atoms with van der Waals surface area (Å²) in [5.74, 6) is -1.52. The highest BCUT2D eigenvalue weighted by Crippen LogP contribution is 2.22. The molecule has 23 heavy (non-hydrogen) atoms. The van der Waals surface area contributed by atoms with E-state index in [1.165, 1.54) is 6.08 Å². The van der Waals surface area contributed by atoms with E-state index < -0.39 is 18.4 Å². The Morgan fingerprint density at radius 1 is 1.09 bits per heavy atom. The molecule has 0 saturated heterocycles. The molecule has 2 rings (SSSR count). The van der Waals surface area contributed by atoms with E-state index in [0.29, 0.717) is 11.1 Å². The Morgan fingerprint density at radius 3 is 2.39 bits per heavy atom. The summed E-state index contributed by atoms with van der Waals surface area (Å²) in [6.45, 7) is -0.612. The fourth-order valence-electron chi connectivity index (χ4n) is 1.92. The van der Waals surface area contributed by atoms with Crippen molar-refractivity contribution in [3.63, 3.8) is 0 Å². The van der Waals surface area contributed by atoms with Crippen LogP contribution in [0.1, 0.15) is 15.9 Å². The molecule has 0 amide bonds. The second kappa shape index (κ2) is 7.57. The molecule has 0 saturated carbocycles. The number of hydrogen-bond acceptors (Lipinski definition) is 5. The van der Waals surface area contributed by atoms with Gasteiger partial charge in [0.2, 0.25) is 5.78 Å². The van der Waals surface area contributed by atoms with Gasteiger partial charge in [0.05, 0.1) is 5.97 Å². The highest BCUT2D eigenvalue weighted by molar-refractivity contribution is 6.14. The number of carboxylic acid groups (broad SMARTS) is 1. The maximum absolute atomic E-state index is 12.3. The van der Waals surface area contributed by atoms with Crippen LogP contribution in [0.25, 0.3) is 6.08 Å². The molecule has 0 aliphatic heterocycles. The fourth-order valence-corrected chi connectivity index (χ4v) is 1.92. The largest absolute Gasteiger partial charge is 0.546 e. The van der Waals surface area contributed by atoms with Crippen molar-refractivity contribution in [3.8, 4) is 11.8 Å². The summed E-state index contributed by atoms with van der Waals surface area (Å²) in [4.78, 5) is 22.8. The molecule has 0 heterocycles. The van der Waals surface area contributed by atoms with Crippen LogP contribution in [0.5, 0.6) is 5.75 Å². The number of ketones is 1. The molecule has 0 aliphatic rings. The van der Waals surface area contributed by atoms with Gasteiger partial charge in [-0.05, 0) is 12.1 Å². The molecule has 0 fully saturated rings. The summed E-state index contributed by atoms with van der Waals surface area (Å²) < 4.78 is 5.10.